The van der Waals surface area contributed by atoms with Gasteiger partial charge in [0.1, 0.15) is 13.2 Å². The van der Waals surface area contributed by atoms with E-state index < -0.39 is 10.0 Å². The maximum absolute atomic E-state index is 12.8. The summed E-state index contributed by atoms with van der Waals surface area (Å²) in [5.41, 5.74) is 2.33. The van der Waals surface area contributed by atoms with Gasteiger partial charge in [0.2, 0.25) is 5.91 Å². The Bertz CT molecular complexity index is 1340. The number of anilines is 2. The number of nitrogens with one attached hydrogen (secondary N) is 2. The summed E-state index contributed by atoms with van der Waals surface area (Å²) in [6.07, 6.45) is 0. The van der Waals surface area contributed by atoms with E-state index in [4.69, 9.17) is 9.47 Å². The van der Waals surface area contributed by atoms with Crippen molar-refractivity contribution >= 4 is 33.2 Å². The van der Waals surface area contributed by atoms with Crippen molar-refractivity contribution in [1.29, 1.82) is 0 Å². The molecule has 1 aliphatic heterocycles. The molecule has 0 spiro atoms. The Morgan fingerprint density at radius 1 is 0.886 bits per heavy atom. The van der Waals surface area contributed by atoms with Gasteiger partial charge in [-0.1, -0.05) is 17.7 Å². The molecule has 35 heavy (non-hydrogen) atoms. The smallest absolute Gasteiger partial charge is 0.262 e. The van der Waals surface area contributed by atoms with Gasteiger partial charge >= 0.3 is 0 Å². The standard InChI is InChI=1S/C25H25N3O6S/c1-17-3-7-19(8-4-17)26-24(29)16-28(2)25(30)18-5-9-20(10-6-18)27-35(31,32)21-11-12-22-23(15-21)34-14-13-33-22/h3-12,15,27H,13-14,16H2,1-2H3,(H,26,29). The van der Waals surface area contributed by atoms with E-state index in [2.05, 4.69) is 10.0 Å². The summed E-state index contributed by atoms with van der Waals surface area (Å²) in [6, 6.07) is 17.7. The van der Waals surface area contributed by atoms with E-state index in [9.17, 15) is 18.0 Å². The molecule has 0 saturated carbocycles. The van der Waals surface area contributed by atoms with Gasteiger partial charge in [0.05, 0.1) is 11.4 Å². The lowest BCUT2D eigenvalue weighted by Gasteiger charge is -2.19. The van der Waals surface area contributed by atoms with Gasteiger partial charge in [-0.05, 0) is 55.5 Å². The molecular weight excluding hydrogens is 470 g/mol. The third-order valence-corrected chi connectivity index (χ3v) is 6.65. The number of rotatable bonds is 7. The molecule has 0 aliphatic carbocycles. The first-order valence-corrected chi connectivity index (χ1v) is 12.3. The highest BCUT2D eigenvalue weighted by molar-refractivity contribution is 7.92. The third-order valence-electron chi connectivity index (χ3n) is 5.27. The minimum Gasteiger partial charge on any atom is -0.486 e. The number of benzene rings is 3. The van der Waals surface area contributed by atoms with Crippen LogP contribution in [0.25, 0.3) is 0 Å². The number of amides is 2. The van der Waals surface area contributed by atoms with E-state index in [1.165, 1.54) is 48.3 Å². The van der Waals surface area contributed by atoms with Crippen molar-refractivity contribution in [1.82, 2.24) is 4.90 Å². The molecular formula is C25H25N3O6S. The highest BCUT2D eigenvalue weighted by Crippen LogP contribution is 2.32. The molecule has 0 radical (unpaired) electrons. The van der Waals surface area contributed by atoms with Gasteiger partial charge in [-0.15, -0.1) is 0 Å². The number of aryl methyl sites for hydroxylation is 1. The molecule has 2 N–H and O–H groups in total. The number of carbonyl (C=O) groups is 2. The first-order valence-electron chi connectivity index (χ1n) is 10.9. The van der Waals surface area contributed by atoms with Crippen molar-refractivity contribution in [2.24, 2.45) is 0 Å². The number of likely N-dealkylation sites (N-methyl/N-ethyl adjacent to an activating group) is 1. The molecule has 0 fully saturated rings. The highest BCUT2D eigenvalue weighted by atomic mass is 32.2. The zero-order valence-electron chi connectivity index (χ0n) is 19.3. The fourth-order valence-electron chi connectivity index (χ4n) is 3.43. The molecule has 1 heterocycles. The molecule has 4 rings (SSSR count). The average molecular weight is 496 g/mol. The third kappa shape index (κ3) is 5.90. The van der Waals surface area contributed by atoms with Gasteiger partial charge in [-0.2, -0.15) is 0 Å². The van der Waals surface area contributed by atoms with Crippen LogP contribution in [-0.2, 0) is 14.8 Å². The minimum absolute atomic E-state index is 0.0289. The average Bonchev–Trinajstić information content (AvgIpc) is 2.85. The van der Waals surface area contributed by atoms with Gasteiger partial charge in [-0.25, -0.2) is 8.42 Å². The second-order valence-electron chi connectivity index (χ2n) is 8.06. The molecule has 182 valence electrons. The number of fused-ring (bicyclic) bond motifs is 1. The Morgan fingerprint density at radius 2 is 1.51 bits per heavy atom. The second-order valence-corrected chi connectivity index (χ2v) is 9.75. The Kier molecular flexibility index (Phi) is 6.92. The Hall–Kier alpha value is -4.05. The van der Waals surface area contributed by atoms with Crippen molar-refractivity contribution in [2.45, 2.75) is 11.8 Å². The maximum atomic E-state index is 12.8. The van der Waals surface area contributed by atoms with Gasteiger partial charge in [-0.3, -0.25) is 14.3 Å². The molecule has 10 heteroatoms. The first kappa shape index (κ1) is 24.1. The van der Waals surface area contributed by atoms with E-state index in [1.807, 2.05) is 19.1 Å². The number of ether oxygens (including phenoxy) is 2. The van der Waals surface area contributed by atoms with Crippen LogP contribution in [0.15, 0.2) is 71.6 Å². The van der Waals surface area contributed by atoms with Crippen molar-refractivity contribution in [3.63, 3.8) is 0 Å². The Morgan fingerprint density at radius 3 is 2.20 bits per heavy atom. The number of hydrogen-bond donors (Lipinski definition) is 2. The summed E-state index contributed by atoms with van der Waals surface area (Å²) < 4.78 is 38.9. The lowest BCUT2D eigenvalue weighted by Crippen LogP contribution is -2.34. The summed E-state index contributed by atoms with van der Waals surface area (Å²) in [6.45, 7) is 2.58. The predicted molar refractivity (Wildman–Crippen MR) is 131 cm³/mol. The van der Waals surface area contributed by atoms with Crippen LogP contribution in [-0.4, -0.2) is 51.9 Å². The SMILES string of the molecule is Cc1ccc(NC(=O)CN(C)C(=O)c2ccc(NS(=O)(=O)c3ccc4c(c3)OCCO4)cc2)cc1. The quantitative estimate of drug-likeness (QED) is 0.520. The molecule has 1 aliphatic rings. The van der Waals surface area contributed by atoms with Crippen molar-refractivity contribution in [2.75, 3.05) is 36.8 Å². The van der Waals surface area contributed by atoms with Crippen LogP contribution in [0, 0.1) is 6.92 Å². The van der Waals surface area contributed by atoms with E-state index in [0.717, 1.165) is 5.56 Å². The molecule has 0 aromatic heterocycles. The monoisotopic (exact) mass is 495 g/mol. The first-order chi connectivity index (χ1) is 16.7. The van der Waals surface area contributed by atoms with Crippen LogP contribution in [0.3, 0.4) is 0 Å². The Labute approximate surface area is 203 Å². The largest absolute Gasteiger partial charge is 0.486 e. The lowest BCUT2D eigenvalue weighted by atomic mass is 10.2. The highest BCUT2D eigenvalue weighted by Gasteiger charge is 2.20. The zero-order chi connectivity index (χ0) is 25.0. The fraction of sp³-hybridized carbons (Fsp3) is 0.200. The van der Waals surface area contributed by atoms with Crippen molar-refractivity contribution in [3.05, 3.63) is 77.9 Å². The van der Waals surface area contributed by atoms with Crippen LogP contribution in [0.4, 0.5) is 11.4 Å². The van der Waals surface area contributed by atoms with Gasteiger partial charge in [0, 0.05) is 30.1 Å². The number of nitrogens with zero attached hydrogens (tertiary/aromatic N) is 1. The van der Waals surface area contributed by atoms with Gasteiger partial charge in [0.15, 0.2) is 11.5 Å². The predicted octanol–water partition coefficient (Wildman–Crippen LogP) is 3.28. The molecule has 0 bridgehead atoms. The number of sulfonamides is 1. The fourth-order valence-corrected chi connectivity index (χ4v) is 4.50. The summed E-state index contributed by atoms with van der Waals surface area (Å²) in [5.74, 6) is 0.170. The molecule has 0 atom stereocenters. The summed E-state index contributed by atoms with van der Waals surface area (Å²) >= 11 is 0. The van der Waals surface area contributed by atoms with Crippen LogP contribution < -0.4 is 19.5 Å². The lowest BCUT2D eigenvalue weighted by molar-refractivity contribution is -0.116. The number of hydrogen-bond acceptors (Lipinski definition) is 6. The Balaban J connectivity index is 1.37. The molecule has 3 aromatic carbocycles. The molecule has 2 amide bonds. The van der Waals surface area contributed by atoms with E-state index in [0.29, 0.717) is 36.0 Å². The minimum atomic E-state index is -3.88. The molecule has 3 aromatic rings. The molecule has 9 nitrogen and oxygen atoms in total. The van der Waals surface area contributed by atoms with E-state index >= 15 is 0 Å². The van der Waals surface area contributed by atoms with Crippen LogP contribution in [0.1, 0.15) is 15.9 Å². The van der Waals surface area contributed by atoms with Crippen LogP contribution in [0.5, 0.6) is 11.5 Å². The molecule has 0 unspecified atom stereocenters. The molecule has 0 saturated heterocycles. The van der Waals surface area contributed by atoms with E-state index in [1.54, 1.807) is 18.2 Å². The normalized spacial score (nSPS) is 12.5. The summed E-state index contributed by atoms with van der Waals surface area (Å²) in [4.78, 5) is 26.3. The topological polar surface area (TPSA) is 114 Å². The van der Waals surface area contributed by atoms with Crippen molar-refractivity contribution in [3.8, 4) is 11.5 Å². The van der Waals surface area contributed by atoms with Crippen molar-refractivity contribution < 1.29 is 27.5 Å². The van der Waals surface area contributed by atoms with E-state index in [-0.39, 0.29) is 28.9 Å². The number of carbonyl (C=O) groups excluding carboxylic acids is 2. The van der Waals surface area contributed by atoms with Gasteiger partial charge < -0.3 is 19.7 Å². The zero-order valence-corrected chi connectivity index (χ0v) is 20.1. The second kappa shape index (κ2) is 10.1. The summed E-state index contributed by atoms with van der Waals surface area (Å²) in [7, 11) is -2.36. The van der Waals surface area contributed by atoms with Gasteiger partial charge in [0.25, 0.3) is 15.9 Å². The summed E-state index contributed by atoms with van der Waals surface area (Å²) in [5, 5.41) is 2.75. The van der Waals surface area contributed by atoms with Crippen LogP contribution in [0.2, 0.25) is 0 Å². The maximum Gasteiger partial charge on any atom is 0.262 e. The van der Waals surface area contributed by atoms with Crippen LogP contribution >= 0.6 is 0 Å².